The molecule has 0 radical (unpaired) electrons. The van der Waals surface area contributed by atoms with Crippen LogP contribution >= 0.6 is 15.9 Å². The van der Waals surface area contributed by atoms with Crippen molar-refractivity contribution in [1.82, 2.24) is 4.90 Å². The fourth-order valence-corrected chi connectivity index (χ4v) is 3.11. The number of imide groups is 1. The summed E-state index contributed by atoms with van der Waals surface area (Å²) in [5, 5.41) is 10.6. The topological polar surface area (TPSA) is 60.9 Å². The molecular weight excluding hydrogens is 372 g/mol. The predicted molar refractivity (Wildman–Crippen MR) is 94.6 cm³/mol. The first kappa shape index (κ1) is 16.7. The maximum Gasteiger partial charge on any atom is 0.333 e. The van der Waals surface area contributed by atoms with Crippen LogP contribution in [0.2, 0.25) is 0 Å². The van der Waals surface area contributed by atoms with E-state index >= 15 is 0 Å². The fourth-order valence-electron chi connectivity index (χ4n) is 2.68. The molecule has 1 aliphatic heterocycles. The van der Waals surface area contributed by atoms with Crippen molar-refractivity contribution in [3.63, 3.8) is 0 Å². The van der Waals surface area contributed by atoms with Crippen LogP contribution in [0.4, 0.5) is 10.5 Å². The van der Waals surface area contributed by atoms with Crippen LogP contribution in [0.25, 0.3) is 0 Å². The van der Waals surface area contributed by atoms with Crippen LogP contribution in [0.5, 0.6) is 0 Å². The van der Waals surface area contributed by atoms with E-state index in [1.54, 1.807) is 31.2 Å². The lowest BCUT2D eigenvalue weighted by molar-refractivity contribution is -0.128. The molecule has 0 saturated carbocycles. The van der Waals surface area contributed by atoms with Crippen molar-refractivity contribution in [3.8, 4) is 0 Å². The van der Waals surface area contributed by atoms with Gasteiger partial charge in [0, 0.05) is 0 Å². The number of aliphatic hydroxyl groups is 1. The number of aliphatic hydroxyl groups excluding tert-OH is 1. The SMILES string of the molecule is CC1(Br)C(=O)N(c2ccccc2)C(=O)N(Cc2ccccc2)C1O. The second kappa shape index (κ2) is 6.37. The number of halogens is 1. The number of amides is 3. The van der Waals surface area contributed by atoms with E-state index in [0.717, 1.165) is 10.5 Å². The largest absolute Gasteiger partial charge is 0.371 e. The average Bonchev–Trinajstić information content (AvgIpc) is 2.60. The zero-order chi connectivity index (χ0) is 17.3. The Morgan fingerprint density at radius 2 is 1.58 bits per heavy atom. The number of urea groups is 1. The lowest BCUT2D eigenvalue weighted by Gasteiger charge is -2.45. The minimum atomic E-state index is -1.29. The summed E-state index contributed by atoms with van der Waals surface area (Å²) in [4.78, 5) is 28.0. The summed E-state index contributed by atoms with van der Waals surface area (Å²) in [6.45, 7) is 1.78. The Labute approximate surface area is 148 Å². The molecule has 2 aromatic carbocycles. The third-order valence-electron chi connectivity index (χ3n) is 4.05. The van der Waals surface area contributed by atoms with Gasteiger partial charge in [-0.15, -0.1) is 0 Å². The van der Waals surface area contributed by atoms with Gasteiger partial charge in [0.2, 0.25) is 0 Å². The third-order valence-corrected chi connectivity index (χ3v) is 4.80. The van der Waals surface area contributed by atoms with Crippen molar-refractivity contribution in [3.05, 3.63) is 66.2 Å². The molecule has 2 atom stereocenters. The van der Waals surface area contributed by atoms with Gasteiger partial charge in [0.15, 0.2) is 6.23 Å². The summed E-state index contributed by atoms with van der Waals surface area (Å²) in [5.41, 5.74) is 1.35. The second-order valence-corrected chi connectivity index (χ2v) is 7.47. The molecule has 0 aliphatic carbocycles. The van der Waals surface area contributed by atoms with Gasteiger partial charge in [0.1, 0.15) is 4.32 Å². The summed E-state index contributed by atoms with van der Waals surface area (Å²) in [6, 6.07) is 17.5. The molecule has 2 aromatic rings. The molecule has 2 unspecified atom stereocenters. The Morgan fingerprint density at radius 3 is 2.17 bits per heavy atom. The Morgan fingerprint density at radius 1 is 1.04 bits per heavy atom. The lowest BCUT2D eigenvalue weighted by Crippen LogP contribution is -2.67. The molecule has 1 saturated heterocycles. The van der Waals surface area contributed by atoms with E-state index in [-0.39, 0.29) is 6.54 Å². The van der Waals surface area contributed by atoms with Crippen LogP contribution < -0.4 is 4.90 Å². The molecule has 0 aromatic heterocycles. The van der Waals surface area contributed by atoms with E-state index in [2.05, 4.69) is 15.9 Å². The zero-order valence-corrected chi connectivity index (χ0v) is 14.7. The van der Waals surface area contributed by atoms with Crippen LogP contribution in [0.1, 0.15) is 12.5 Å². The summed E-state index contributed by atoms with van der Waals surface area (Å²) in [5.74, 6) is -0.490. The van der Waals surface area contributed by atoms with Gasteiger partial charge in [-0.25, -0.2) is 9.69 Å². The number of hydrogen-bond acceptors (Lipinski definition) is 3. The molecule has 1 N–H and O–H groups in total. The van der Waals surface area contributed by atoms with Crippen LogP contribution in [-0.4, -0.2) is 32.5 Å². The zero-order valence-electron chi connectivity index (χ0n) is 13.1. The van der Waals surface area contributed by atoms with Crippen molar-refractivity contribution in [2.45, 2.75) is 24.0 Å². The molecule has 3 rings (SSSR count). The molecule has 1 fully saturated rings. The van der Waals surface area contributed by atoms with Crippen molar-refractivity contribution in [2.75, 3.05) is 4.90 Å². The molecule has 0 spiro atoms. The van der Waals surface area contributed by atoms with Crippen molar-refractivity contribution in [1.29, 1.82) is 0 Å². The molecular formula is C18H17BrN2O3. The van der Waals surface area contributed by atoms with E-state index in [1.807, 2.05) is 36.4 Å². The second-order valence-electron chi connectivity index (χ2n) is 5.82. The number of carbonyl (C=O) groups is 2. The van der Waals surface area contributed by atoms with Crippen molar-refractivity contribution >= 4 is 33.6 Å². The molecule has 0 bridgehead atoms. The number of nitrogens with zero attached hydrogens (tertiary/aromatic N) is 2. The maximum absolute atomic E-state index is 12.9. The Balaban J connectivity index is 1.99. The first-order chi connectivity index (χ1) is 11.4. The van der Waals surface area contributed by atoms with Crippen LogP contribution in [0.15, 0.2) is 60.7 Å². The Hall–Kier alpha value is -2.18. The van der Waals surface area contributed by atoms with Gasteiger partial charge in [0.25, 0.3) is 5.91 Å². The number of benzene rings is 2. The molecule has 3 amide bonds. The van der Waals surface area contributed by atoms with Gasteiger partial charge in [-0.2, -0.15) is 0 Å². The molecule has 24 heavy (non-hydrogen) atoms. The van der Waals surface area contributed by atoms with Gasteiger partial charge in [-0.1, -0.05) is 64.5 Å². The maximum atomic E-state index is 12.9. The number of rotatable bonds is 3. The predicted octanol–water partition coefficient (Wildman–Crippen LogP) is 3.13. The third kappa shape index (κ3) is 2.83. The standard InChI is InChI=1S/C18H17BrN2O3/c1-18(19)15(22)20(12-13-8-4-2-5-9-13)17(24)21(16(18)23)14-10-6-3-7-11-14/h2-11,15,22H,12H2,1H3. The molecule has 6 heteroatoms. The number of hydrogen-bond donors (Lipinski definition) is 1. The highest BCUT2D eigenvalue weighted by atomic mass is 79.9. The number of alkyl halides is 1. The normalized spacial score (nSPS) is 24.4. The van der Waals surface area contributed by atoms with Crippen LogP contribution in [0.3, 0.4) is 0 Å². The highest BCUT2D eigenvalue weighted by molar-refractivity contribution is 9.10. The lowest BCUT2D eigenvalue weighted by atomic mass is 10.0. The van der Waals surface area contributed by atoms with Gasteiger partial charge in [0.05, 0.1) is 12.2 Å². The van der Waals surface area contributed by atoms with E-state index in [0.29, 0.717) is 5.69 Å². The van der Waals surface area contributed by atoms with E-state index < -0.39 is 22.5 Å². The van der Waals surface area contributed by atoms with Gasteiger partial charge in [-0.05, 0) is 24.6 Å². The number of anilines is 1. The highest BCUT2D eigenvalue weighted by Crippen LogP contribution is 2.35. The minimum Gasteiger partial charge on any atom is -0.371 e. The van der Waals surface area contributed by atoms with E-state index in [1.165, 1.54) is 4.90 Å². The number of para-hydroxylation sites is 1. The van der Waals surface area contributed by atoms with Crippen molar-refractivity contribution < 1.29 is 14.7 Å². The smallest absolute Gasteiger partial charge is 0.333 e. The quantitative estimate of drug-likeness (QED) is 0.821. The average molecular weight is 389 g/mol. The highest BCUT2D eigenvalue weighted by Gasteiger charge is 2.53. The van der Waals surface area contributed by atoms with E-state index in [4.69, 9.17) is 0 Å². The Bertz CT molecular complexity index is 749. The van der Waals surface area contributed by atoms with Gasteiger partial charge >= 0.3 is 6.03 Å². The summed E-state index contributed by atoms with van der Waals surface area (Å²) < 4.78 is -1.29. The minimum absolute atomic E-state index is 0.207. The molecule has 1 heterocycles. The van der Waals surface area contributed by atoms with Crippen LogP contribution in [-0.2, 0) is 11.3 Å². The van der Waals surface area contributed by atoms with Gasteiger partial charge < -0.3 is 5.11 Å². The monoisotopic (exact) mass is 388 g/mol. The molecule has 1 aliphatic rings. The first-order valence-corrected chi connectivity index (χ1v) is 8.33. The van der Waals surface area contributed by atoms with Gasteiger partial charge in [-0.3, -0.25) is 9.69 Å². The Kier molecular flexibility index (Phi) is 4.43. The molecule has 124 valence electrons. The van der Waals surface area contributed by atoms with Crippen LogP contribution in [0, 0.1) is 0 Å². The summed E-state index contributed by atoms with van der Waals surface area (Å²) in [6.07, 6.45) is -1.27. The number of carbonyl (C=O) groups excluding carboxylic acids is 2. The van der Waals surface area contributed by atoms with E-state index in [9.17, 15) is 14.7 Å². The first-order valence-electron chi connectivity index (χ1n) is 7.54. The molecule has 5 nitrogen and oxygen atoms in total. The summed E-state index contributed by atoms with van der Waals surface area (Å²) in [7, 11) is 0. The fraction of sp³-hybridized carbons (Fsp3) is 0.222. The van der Waals surface area contributed by atoms with Crippen molar-refractivity contribution in [2.24, 2.45) is 0 Å². The summed E-state index contributed by atoms with van der Waals surface area (Å²) >= 11 is 3.31.